The number of methoxy groups -OCH3 is 1. The summed E-state index contributed by atoms with van der Waals surface area (Å²) in [5.74, 6) is -0.328. The summed E-state index contributed by atoms with van der Waals surface area (Å²) in [6, 6.07) is 6.27. The third kappa shape index (κ3) is 6.07. The molecule has 6 rings (SSSR count). The quantitative estimate of drug-likeness (QED) is 0.360. The number of hydrogen-bond donors (Lipinski definition) is 2. The summed E-state index contributed by atoms with van der Waals surface area (Å²) in [5.41, 5.74) is 0.958. The van der Waals surface area contributed by atoms with Gasteiger partial charge in [-0.3, -0.25) is 4.79 Å². The van der Waals surface area contributed by atoms with Crippen molar-refractivity contribution in [3.8, 4) is 22.2 Å². The Labute approximate surface area is 266 Å². The molecule has 0 radical (unpaired) electrons. The van der Waals surface area contributed by atoms with Crippen molar-refractivity contribution in [2.45, 2.75) is 69.6 Å². The second kappa shape index (κ2) is 12.3. The lowest BCUT2D eigenvalue weighted by Gasteiger charge is -2.29. The molecule has 3 aromatic rings. The lowest BCUT2D eigenvalue weighted by molar-refractivity contribution is -0.144. The Hall–Kier alpha value is -4.19. The Morgan fingerprint density at radius 2 is 2.02 bits per heavy atom. The predicted molar refractivity (Wildman–Crippen MR) is 171 cm³/mol. The number of carbonyl (C=O) groups is 3. The second-order valence-corrected chi connectivity index (χ2v) is 13.3. The SMILES string of the molecule is COc1ccc2c(O[C@@H]3C[C@H]4C(=O)N[C@]5(C(=O)O)C[C@H]5/C=C\CCCCN(C)C(=O)N4C3)cc(-c3nc(C(C)C)cs3)nc2c1. The molecule has 4 heterocycles. The highest BCUT2D eigenvalue weighted by atomic mass is 32.1. The third-order valence-corrected chi connectivity index (χ3v) is 9.85. The number of ether oxygens (including phenoxy) is 2. The average molecular weight is 634 g/mol. The van der Waals surface area contributed by atoms with Crippen molar-refractivity contribution in [2.75, 3.05) is 27.2 Å². The first-order chi connectivity index (χ1) is 21.6. The lowest BCUT2D eigenvalue weighted by atomic mass is 10.1. The van der Waals surface area contributed by atoms with E-state index in [0.717, 1.165) is 35.4 Å². The molecule has 3 aliphatic rings. The van der Waals surface area contributed by atoms with Gasteiger partial charge in [-0.1, -0.05) is 26.0 Å². The number of carboxylic acid groups (broad SMARTS) is 1. The van der Waals surface area contributed by atoms with E-state index in [1.807, 2.05) is 41.8 Å². The zero-order chi connectivity index (χ0) is 31.9. The number of urea groups is 1. The third-order valence-electron chi connectivity index (χ3n) is 8.97. The molecule has 1 aromatic carbocycles. The van der Waals surface area contributed by atoms with Crippen LogP contribution in [0.25, 0.3) is 21.6 Å². The number of benzene rings is 1. The van der Waals surface area contributed by atoms with Crippen LogP contribution in [-0.2, 0) is 9.59 Å². The number of pyridine rings is 1. The number of allylic oxidation sites excluding steroid dienone is 1. The van der Waals surface area contributed by atoms with Gasteiger partial charge in [0, 0.05) is 48.8 Å². The van der Waals surface area contributed by atoms with Crippen LogP contribution in [0.2, 0.25) is 0 Å². The summed E-state index contributed by atoms with van der Waals surface area (Å²) in [7, 11) is 3.34. The zero-order valence-electron chi connectivity index (χ0n) is 26.0. The summed E-state index contributed by atoms with van der Waals surface area (Å²) >= 11 is 1.51. The minimum Gasteiger partial charge on any atom is -0.497 e. The molecule has 238 valence electrons. The molecule has 2 aromatic heterocycles. The van der Waals surface area contributed by atoms with Crippen LogP contribution in [0.4, 0.5) is 4.79 Å². The molecule has 3 amide bonds. The summed E-state index contributed by atoms with van der Waals surface area (Å²) < 4.78 is 12.1. The molecule has 4 atom stereocenters. The van der Waals surface area contributed by atoms with Gasteiger partial charge in [0.05, 0.1) is 24.9 Å². The van der Waals surface area contributed by atoms with Gasteiger partial charge < -0.3 is 29.7 Å². The molecule has 0 unspecified atom stereocenters. The molecule has 2 N–H and O–H groups in total. The number of carboxylic acids is 1. The van der Waals surface area contributed by atoms with Gasteiger partial charge >= 0.3 is 12.0 Å². The van der Waals surface area contributed by atoms with Gasteiger partial charge in [0.15, 0.2) is 0 Å². The number of aliphatic carboxylic acids is 1. The predicted octanol–water partition coefficient (Wildman–Crippen LogP) is 5.06. The van der Waals surface area contributed by atoms with Crippen LogP contribution in [0.5, 0.6) is 11.5 Å². The standard InChI is InChI=1S/C33H39N5O6S/c1-19(2)26-18-45-30(35-26)25-15-28(23-11-10-21(43-4)13-24(23)34-25)44-22-14-27-29(39)36-33(31(40)41)16-20(33)9-7-5-6-8-12-37(3)32(42)38(27)17-22/h7,9-11,13,15,18-20,22,27H,5-6,8,12,14,16-17H2,1-4H3,(H,36,39)(H,40,41)/b9-7-/t20-,22-,27+,33-/m1/s1. The van der Waals surface area contributed by atoms with Crippen molar-refractivity contribution in [1.29, 1.82) is 0 Å². The Bertz CT molecular complexity index is 1660. The minimum absolute atomic E-state index is 0.175. The average Bonchev–Trinajstić information content (AvgIpc) is 3.33. The lowest BCUT2D eigenvalue weighted by Crippen LogP contribution is -2.54. The van der Waals surface area contributed by atoms with E-state index >= 15 is 0 Å². The molecule has 12 heteroatoms. The largest absolute Gasteiger partial charge is 0.497 e. The number of thiazole rings is 1. The van der Waals surface area contributed by atoms with Gasteiger partial charge in [-0.15, -0.1) is 11.3 Å². The van der Waals surface area contributed by atoms with Crippen molar-refractivity contribution >= 4 is 40.1 Å². The van der Waals surface area contributed by atoms with Gasteiger partial charge in [0.2, 0.25) is 5.91 Å². The summed E-state index contributed by atoms with van der Waals surface area (Å²) in [4.78, 5) is 52.5. The Morgan fingerprint density at radius 1 is 1.20 bits per heavy atom. The number of fused-ring (bicyclic) bond motifs is 3. The van der Waals surface area contributed by atoms with Crippen LogP contribution in [0.1, 0.15) is 57.6 Å². The number of carbonyl (C=O) groups excluding carboxylic acids is 2. The van der Waals surface area contributed by atoms with E-state index in [9.17, 15) is 19.5 Å². The van der Waals surface area contributed by atoms with Crippen LogP contribution >= 0.6 is 11.3 Å². The highest BCUT2D eigenvalue weighted by Gasteiger charge is 2.61. The maximum Gasteiger partial charge on any atom is 0.330 e. The number of rotatable bonds is 6. The Morgan fingerprint density at radius 3 is 2.76 bits per heavy atom. The number of aromatic nitrogens is 2. The summed E-state index contributed by atoms with van der Waals surface area (Å²) in [6.45, 7) is 4.91. The number of nitrogens with zero attached hydrogens (tertiary/aromatic N) is 4. The van der Waals surface area contributed by atoms with Gasteiger partial charge in [-0.25, -0.2) is 19.6 Å². The molecule has 2 fully saturated rings. The Kier molecular flexibility index (Phi) is 8.43. The normalized spacial score (nSPS) is 26.2. The number of amides is 3. The zero-order valence-corrected chi connectivity index (χ0v) is 26.8. The fourth-order valence-corrected chi connectivity index (χ4v) is 7.10. The maximum absolute atomic E-state index is 13.7. The number of hydrogen-bond acceptors (Lipinski definition) is 8. The highest BCUT2D eigenvalue weighted by molar-refractivity contribution is 7.13. The van der Waals surface area contributed by atoms with Crippen molar-refractivity contribution in [3.63, 3.8) is 0 Å². The molecule has 45 heavy (non-hydrogen) atoms. The topological polar surface area (TPSA) is 134 Å². The molecule has 1 saturated heterocycles. The van der Waals surface area contributed by atoms with E-state index in [2.05, 4.69) is 19.2 Å². The fourth-order valence-electron chi connectivity index (χ4n) is 6.15. The first-order valence-electron chi connectivity index (χ1n) is 15.4. The van der Waals surface area contributed by atoms with Crippen LogP contribution in [-0.4, -0.2) is 87.7 Å². The van der Waals surface area contributed by atoms with Crippen molar-refractivity contribution in [2.24, 2.45) is 5.92 Å². The molecular weight excluding hydrogens is 594 g/mol. The molecule has 11 nitrogen and oxygen atoms in total. The van der Waals surface area contributed by atoms with E-state index in [-0.39, 0.29) is 30.8 Å². The molecular formula is C33H39N5O6S. The first kappa shape index (κ1) is 30.8. The number of nitrogens with one attached hydrogen (secondary N) is 1. The van der Waals surface area contributed by atoms with Crippen molar-refractivity contribution in [1.82, 2.24) is 25.1 Å². The first-order valence-corrected chi connectivity index (χ1v) is 16.3. The smallest absolute Gasteiger partial charge is 0.330 e. The van der Waals surface area contributed by atoms with E-state index in [1.54, 1.807) is 19.1 Å². The summed E-state index contributed by atoms with van der Waals surface area (Å²) in [6.07, 6.45) is 6.38. The van der Waals surface area contributed by atoms with Gasteiger partial charge in [-0.2, -0.15) is 0 Å². The van der Waals surface area contributed by atoms with Gasteiger partial charge in [0.1, 0.15) is 39.9 Å². The van der Waals surface area contributed by atoms with E-state index < -0.39 is 29.6 Å². The van der Waals surface area contributed by atoms with E-state index in [0.29, 0.717) is 35.7 Å². The molecule has 2 aliphatic heterocycles. The van der Waals surface area contributed by atoms with Gasteiger partial charge in [0.25, 0.3) is 0 Å². The monoisotopic (exact) mass is 633 g/mol. The van der Waals surface area contributed by atoms with Crippen molar-refractivity contribution < 1.29 is 29.0 Å². The van der Waals surface area contributed by atoms with Gasteiger partial charge in [-0.05, 0) is 43.7 Å². The van der Waals surface area contributed by atoms with E-state index in [4.69, 9.17) is 19.4 Å². The van der Waals surface area contributed by atoms with Crippen LogP contribution in [0.15, 0.2) is 41.8 Å². The molecule has 0 bridgehead atoms. The van der Waals surface area contributed by atoms with Crippen LogP contribution < -0.4 is 14.8 Å². The minimum atomic E-state index is -1.35. The second-order valence-electron chi connectivity index (χ2n) is 12.5. The molecule has 1 saturated carbocycles. The molecule has 0 spiro atoms. The van der Waals surface area contributed by atoms with Crippen LogP contribution in [0.3, 0.4) is 0 Å². The Balaban J connectivity index is 1.33. The van der Waals surface area contributed by atoms with Crippen molar-refractivity contribution in [3.05, 3.63) is 47.5 Å². The molecule has 1 aliphatic carbocycles. The maximum atomic E-state index is 13.7. The highest BCUT2D eigenvalue weighted by Crippen LogP contribution is 2.45. The summed E-state index contributed by atoms with van der Waals surface area (Å²) in [5, 5.41) is 16.4. The van der Waals surface area contributed by atoms with E-state index in [1.165, 1.54) is 16.2 Å². The fraction of sp³-hybridized carbons (Fsp3) is 0.485. The van der Waals surface area contributed by atoms with Crippen LogP contribution in [0, 0.1) is 5.92 Å².